The Labute approximate surface area is 159 Å². The molecule has 0 aromatic heterocycles. The smallest absolute Gasteiger partial charge is 0.193 e. The molecule has 0 amide bonds. The maximum absolute atomic E-state index is 6.19. The summed E-state index contributed by atoms with van der Waals surface area (Å²) in [7, 11) is 1.65. The van der Waals surface area contributed by atoms with Gasteiger partial charge in [0.2, 0.25) is 0 Å². The third-order valence-corrected chi connectivity index (χ3v) is 4.85. The van der Waals surface area contributed by atoms with E-state index in [1.807, 2.05) is 42.5 Å². The van der Waals surface area contributed by atoms with Gasteiger partial charge in [-0.2, -0.15) is 0 Å². The van der Waals surface area contributed by atoms with Gasteiger partial charge in [0.25, 0.3) is 0 Å². The van der Waals surface area contributed by atoms with Crippen LogP contribution in [0.2, 0.25) is 5.02 Å². The van der Waals surface area contributed by atoms with Crippen LogP contribution in [-0.4, -0.2) is 37.6 Å². The van der Waals surface area contributed by atoms with Gasteiger partial charge in [-0.05, 0) is 67.9 Å². The standard InChI is InChI=1S/C20H25ClN4O/c1-26-18-9-7-17(8-10-18)24-20(22)23-14-19(25-11-2-3-12-25)15-5-4-6-16(21)13-15/h4-10,13,19H,2-3,11-12,14H2,1H3,(H3,22,23,24). The fourth-order valence-electron chi connectivity index (χ4n) is 3.25. The number of guanidine groups is 1. The zero-order chi connectivity index (χ0) is 18.4. The number of halogens is 1. The van der Waals surface area contributed by atoms with Crippen molar-refractivity contribution in [2.24, 2.45) is 10.7 Å². The first kappa shape index (κ1) is 18.5. The van der Waals surface area contributed by atoms with Crippen molar-refractivity contribution in [2.45, 2.75) is 18.9 Å². The van der Waals surface area contributed by atoms with Crippen molar-refractivity contribution in [3.05, 3.63) is 59.1 Å². The number of nitrogens with zero attached hydrogens (tertiary/aromatic N) is 2. The molecule has 3 rings (SSSR count). The van der Waals surface area contributed by atoms with Gasteiger partial charge in [-0.1, -0.05) is 23.7 Å². The maximum atomic E-state index is 6.19. The zero-order valence-electron chi connectivity index (χ0n) is 15.0. The van der Waals surface area contributed by atoms with E-state index in [4.69, 9.17) is 22.1 Å². The number of methoxy groups -OCH3 is 1. The van der Waals surface area contributed by atoms with Crippen LogP contribution in [0.5, 0.6) is 5.75 Å². The molecule has 5 nitrogen and oxygen atoms in total. The molecule has 1 unspecified atom stereocenters. The van der Waals surface area contributed by atoms with E-state index in [1.165, 1.54) is 18.4 Å². The quantitative estimate of drug-likeness (QED) is 0.596. The third-order valence-electron chi connectivity index (χ3n) is 4.61. The second-order valence-electron chi connectivity index (χ2n) is 6.39. The summed E-state index contributed by atoms with van der Waals surface area (Å²) in [6, 6.07) is 15.8. The highest BCUT2D eigenvalue weighted by molar-refractivity contribution is 6.30. The number of hydrogen-bond donors (Lipinski definition) is 2. The third kappa shape index (κ3) is 4.90. The summed E-state index contributed by atoms with van der Waals surface area (Å²) in [4.78, 5) is 7.03. The number of rotatable bonds is 6. The summed E-state index contributed by atoms with van der Waals surface area (Å²) < 4.78 is 5.16. The predicted molar refractivity (Wildman–Crippen MR) is 108 cm³/mol. The molecule has 2 aromatic rings. The van der Waals surface area contributed by atoms with Gasteiger partial charge in [-0.15, -0.1) is 0 Å². The summed E-state index contributed by atoms with van der Waals surface area (Å²) in [6.07, 6.45) is 2.45. The number of likely N-dealkylation sites (tertiary alicyclic amines) is 1. The number of aliphatic imine (C=N–C) groups is 1. The van der Waals surface area contributed by atoms with Crippen LogP contribution < -0.4 is 15.8 Å². The number of benzene rings is 2. The van der Waals surface area contributed by atoms with Crippen LogP contribution >= 0.6 is 11.6 Å². The molecule has 2 aromatic carbocycles. The minimum Gasteiger partial charge on any atom is -0.497 e. The molecule has 1 saturated heterocycles. The lowest BCUT2D eigenvalue weighted by molar-refractivity contribution is 0.252. The molecule has 3 N–H and O–H groups in total. The highest BCUT2D eigenvalue weighted by Crippen LogP contribution is 2.27. The fraction of sp³-hybridized carbons (Fsp3) is 0.350. The highest BCUT2D eigenvalue weighted by atomic mass is 35.5. The number of hydrogen-bond acceptors (Lipinski definition) is 3. The first-order chi connectivity index (χ1) is 12.7. The summed E-state index contributed by atoms with van der Waals surface area (Å²) in [6.45, 7) is 2.76. The monoisotopic (exact) mass is 372 g/mol. The first-order valence-electron chi connectivity index (χ1n) is 8.86. The van der Waals surface area contributed by atoms with Crippen molar-refractivity contribution in [2.75, 3.05) is 32.1 Å². The number of anilines is 1. The van der Waals surface area contributed by atoms with Gasteiger partial charge in [-0.3, -0.25) is 9.89 Å². The van der Waals surface area contributed by atoms with Crippen molar-refractivity contribution in [1.82, 2.24) is 4.90 Å². The summed E-state index contributed by atoms with van der Waals surface area (Å²) in [5.41, 5.74) is 8.16. The van der Waals surface area contributed by atoms with Gasteiger partial charge < -0.3 is 15.8 Å². The van der Waals surface area contributed by atoms with E-state index >= 15 is 0 Å². The Morgan fingerprint density at radius 2 is 1.96 bits per heavy atom. The molecule has 0 saturated carbocycles. The molecular formula is C20H25ClN4O. The normalized spacial score (nSPS) is 16.5. The van der Waals surface area contributed by atoms with Crippen LogP contribution in [0.1, 0.15) is 24.4 Å². The van der Waals surface area contributed by atoms with E-state index in [0.29, 0.717) is 12.5 Å². The lowest BCUT2D eigenvalue weighted by Crippen LogP contribution is -2.30. The van der Waals surface area contributed by atoms with E-state index in [1.54, 1.807) is 7.11 Å². The Kier molecular flexibility index (Phi) is 6.36. The lowest BCUT2D eigenvalue weighted by atomic mass is 10.1. The Balaban J connectivity index is 1.70. The molecule has 1 aliphatic rings. The number of ether oxygens (including phenoxy) is 1. The van der Waals surface area contributed by atoms with Crippen LogP contribution in [-0.2, 0) is 0 Å². The fourth-order valence-corrected chi connectivity index (χ4v) is 3.44. The average molecular weight is 373 g/mol. The van der Waals surface area contributed by atoms with Gasteiger partial charge in [0.1, 0.15) is 5.75 Å². The molecule has 138 valence electrons. The molecule has 0 spiro atoms. The second-order valence-corrected chi connectivity index (χ2v) is 6.83. The van der Waals surface area contributed by atoms with E-state index in [0.717, 1.165) is 29.5 Å². The van der Waals surface area contributed by atoms with E-state index in [-0.39, 0.29) is 6.04 Å². The van der Waals surface area contributed by atoms with Crippen molar-refractivity contribution < 1.29 is 4.74 Å². The van der Waals surface area contributed by atoms with E-state index in [9.17, 15) is 0 Å². The molecule has 1 atom stereocenters. The minimum atomic E-state index is 0.187. The average Bonchev–Trinajstić information content (AvgIpc) is 3.17. The maximum Gasteiger partial charge on any atom is 0.193 e. The Morgan fingerprint density at radius 1 is 1.23 bits per heavy atom. The minimum absolute atomic E-state index is 0.187. The summed E-state index contributed by atoms with van der Waals surface area (Å²) in [5.74, 6) is 1.21. The van der Waals surface area contributed by atoms with Gasteiger partial charge in [-0.25, -0.2) is 0 Å². The molecule has 0 aliphatic carbocycles. The zero-order valence-corrected chi connectivity index (χ0v) is 15.7. The van der Waals surface area contributed by atoms with Crippen molar-refractivity contribution in [1.29, 1.82) is 0 Å². The summed E-state index contributed by atoms with van der Waals surface area (Å²) >= 11 is 6.19. The molecule has 26 heavy (non-hydrogen) atoms. The topological polar surface area (TPSA) is 62.9 Å². The van der Waals surface area contributed by atoms with Crippen LogP contribution in [0.25, 0.3) is 0 Å². The molecule has 6 heteroatoms. The van der Waals surface area contributed by atoms with Gasteiger partial charge in [0, 0.05) is 10.7 Å². The van der Waals surface area contributed by atoms with Crippen molar-refractivity contribution >= 4 is 23.2 Å². The Bertz CT molecular complexity index is 742. The van der Waals surface area contributed by atoms with Crippen molar-refractivity contribution in [3.63, 3.8) is 0 Å². The van der Waals surface area contributed by atoms with E-state index < -0.39 is 0 Å². The Hall–Kier alpha value is -2.24. The van der Waals surface area contributed by atoms with Crippen LogP contribution in [0, 0.1) is 0 Å². The molecule has 1 heterocycles. The largest absolute Gasteiger partial charge is 0.497 e. The van der Waals surface area contributed by atoms with Crippen LogP contribution in [0.4, 0.5) is 5.69 Å². The predicted octanol–water partition coefficient (Wildman–Crippen LogP) is 3.91. The number of nitrogens with one attached hydrogen (secondary N) is 1. The second kappa shape index (κ2) is 8.92. The SMILES string of the molecule is COc1ccc(NC(N)=NCC(c2cccc(Cl)c2)N2CCCC2)cc1. The summed E-state index contributed by atoms with van der Waals surface area (Å²) in [5, 5.41) is 3.88. The molecule has 1 aliphatic heterocycles. The molecule has 0 radical (unpaired) electrons. The van der Waals surface area contributed by atoms with Crippen molar-refractivity contribution in [3.8, 4) is 5.75 Å². The molecule has 1 fully saturated rings. The van der Waals surface area contributed by atoms with Crippen LogP contribution in [0.3, 0.4) is 0 Å². The van der Waals surface area contributed by atoms with Gasteiger partial charge in [0.15, 0.2) is 5.96 Å². The molecular weight excluding hydrogens is 348 g/mol. The molecule has 0 bridgehead atoms. The van der Waals surface area contributed by atoms with Crippen LogP contribution in [0.15, 0.2) is 53.5 Å². The lowest BCUT2D eigenvalue weighted by Gasteiger charge is -2.27. The number of nitrogens with two attached hydrogens (primary N) is 1. The first-order valence-corrected chi connectivity index (χ1v) is 9.24. The van der Waals surface area contributed by atoms with E-state index in [2.05, 4.69) is 21.3 Å². The Morgan fingerprint density at radius 3 is 2.62 bits per heavy atom. The highest BCUT2D eigenvalue weighted by Gasteiger charge is 2.23. The van der Waals surface area contributed by atoms with Gasteiger partial charge in [0.05, 0.1) is 19.7 Å². The van der Waals surface area contributed by atoms with Gasteiger partial charge >= 0.3 is 0 Å².